The van der Waals surface area contributed by atoms with E-state index in [9.17, 15) is 0 Å². The summed E-state index contributed by atoms with van der Waals surface area (Å²) in [6.45, 7) is 2.20. The minimum Gasteiger partial charge on any atom is -0.144 e. The molecule has 0 amide bonds. The highest BCUT2D eigenvalue weighted by molar-refractivity contribution is 7.41. The molecule has 0 N–H and O–H groups in total. The number of thiophene rings is 4. The van der Waals surface area contributed by atoms with Crippen LogP contribution < -0.4 is 0 Å². The van der Waals surface area contributed by atoms with Gasteiger partial charge in [0.1, 0.15) is 0 Å². The van der Waals surface area contributed by atoms with Gasteiger partial charge in [-0.25, -0.2) is 0 Å². The Labute approximate surface area is 167 Å². The van der Waals surface area contributed by atoms with Gasteiger partial charge in [0.15, 0.2) is 0 Å². The van der Waals surface area contributed by atoms with Crippen LogP contribution >= 0.6 is 45.3 Å². The van der Waals surface area contributed by atoms with Crippen LogP contribution in [0.15, 0.2) is 53.9 Å². The average Bonchev–Trinajstić information content (AvgIpc) is 3.34. The van der Waals surface area contributed by atoms with Crippen molar-refractivity contribution in [1.29, 1.82) is 0 Å². The van der Waals surface area contributed by atoms with E-state index in [2.05, 4.69) is 60.8 Å². The molecule has 0 saturated heterocycles. The molecule has 0 spiro atoms. The van der Waals surface area contributed by atoms with Crippen LogP contribution in [0.3, 0.4) is 0 Å². The topological polar surface area (TPSA) is 0 Å². The zero-order valence-corrected chi connectivity index (χ0v) is 17.3. The smallest absolute Gasteiger partial charge is 0.0880 e. The molecule has 26 heavy (non-hydrogen) atoms. The van der Waals surface area contributed by atoms with Crippen LogP contribution in [0.2, 0.25) is 0 Å². The first-order chi connectivity index (χ1) is 12.7. The first-order valence-corrected chi connectivity index (χ1v) is 11.9. The highest BCUT2D eigenvalue weighted by atomic mass is 32.2. The van der Waals surface area contributed by atoms with Gasteiger partial charge in [0.2, 0.25) is 0 Å². The Kier molecular flexibility index (Phi) is 3.33. The van der Waals surface area contributed by atoms with Crippen molar-refractivity contribution in [2.45, 2.75) is 13.3 Å². The largest absolute Gasteiger partial charge is 0.144 e. The Morgan fingerprint density at radius 1 is 0.731 bits per heavy atom. The van der Waals surface area contributed by atoms with Gasteiger partial charge in [-0.2, -0.15) is 0 Å². The molecule has 0 atom stereocenters. The maximum absolute atomic E-state index is 2.39. The van der Waals surface area contributed by atoms with Gasteiger partial charge in [0, 0.05) is 41.0 Å². The van der Waals surface area contributed by atoms with E-state index in [1.54, 1.807) is 0 Å². The van der Waals surface area contributed by atoms with E-state index in [4.69, 9.17) is 0 Å². The van der Waals surface area contributed by atoms with Crippen molar-refractivity contribution in [3.63, 3.8) is 0 Å². The Morgan fingerprint density at radius 2 is 1.65 bits per heavy atom. The molecule has 6 rings (SSSR count). The summed E-state index contributed by atoms with van der Waals surface area (Å²) in [5.74, 6) is 0. The SMILES string of the molecule is Cc1cc2c(s1)sc1cc(Cc3cc4cc5sccc5cc4s3)ccc12. The number of hydrogen-bond donors (Lipinski definition) is 0. The van der Waals surface area contributed by atoms with Crippen molar-refractivity contribution in [3.8, 4) is 0 Å². The molecule has 0 bridgehead atoms. The predicted molar refractivity (Wildman–Crippen MR) is 122 cm³/mol. The number of hydrogen-bond acceptors (Lipinski definition) is 4. The molecule has 0 fully saturated rings. The second-order valence-corrected chi connectivity index (χ2v) is 11.4. The molecular formula is C22H14S4. The number of aryl methyl sites for hydroxylation is 1. The minimum atomic E-state index is 1.02. The van der Waals surface area contributed by atoms with Crippen molar-refractivity contribution in [1.82, 2.24) is 0 Å². The maximum Gasteiger partial charge on any atom is 0.0880 e. The maximum atomic E-state index is 2.39. The molecule has 2 aromatic carbocycles. The molecule has 126 valence electrons. The lowest BCUT2D eigenvalue weighted by Crippen LogP contribution is -1.83. The molecule has 0 unspecified atom stereocenters. The fourth-order valence-corrected chi connectivity index (χ4v) is 8.18. The zero-order chi connectivity index (χ0) is 17.3. The summed E-state index contributed by atoms with van der Waals surface area (Å²) in [6.07, 6.45) is 1.02. The van der Waals surface area contributed by atoms with Gasteiger partial charge >= 0.3 is 0 Å². The van der Waals surface area contributed by atoms with Crippen LogP contribution in [0.25, 0.3) is 39.7 Å². The molecule has 0 aliphatic heterocycles. The third kappa shape index (κ3) is 2.37. The minimum absolute atomic E-state index is 1.02. The average molecular weight is 407 g/mol. The third-order valence-corrected chi connectivity index (χ3v) is 9.17. The molecule has 0 aliphatic carbocycles. The van der Waals surface area contributed by atoms with E-state index < -0.39 is 0 Å². The fourth-order valence-electron chi connectivity index (χ4n) is 3.68. The molecule has 0 nitrogen and oxygen atoms in total. The van der Waals surface area contributed by atoms with E-state index in [1.165, 1.54) is 55.0 Å². The van der Waals surface area contributed by atoms with Crippen LogP contribution in [0.1, 0.15) is 15.3 Å². The second-order valence-electron chi connectivity index (χ2n) is 6.73. The molecule has 0 radical (unpaired) electrons. The molecule has 4 aromatic heterocycles. The Morgan fingerprint density at radius 3 is 2.62 bits per heavy atom. The summed E-state index contributed by atoms with van der Waals surface area (Å²) in [5.41, 5.74) is 1.41. The monoisotopic (exact) mass is 406 g/mol. The van der Waals surface area contributed by atoms with Crippen LogP contribution in [0.4, 0.5) is 0 Å². The number of rotatable bonds is 2. The summed E-state index contributed by atoms with van der Waals surface area (Å²) in [5, 5.41) is 7.77. The molecule has 6 aromatic rings. The van der Waals surface area contributed by atoms with Crippen molar-refractivity contribution in [3.05, 3.63) is 69.2 Å². The van der Waals surface area contributed by atoms with Gasteiger partial charge in [-0.3, -0.25) is 0 Å². The van der Waals surface area contributed by atoms with Crippen LogP contribution in [-0.2, 0) is 6.42 Å². The summed E-state index contributed by atoms with van der Waals surface area (Å²) in [7, 11) is 0. The summed E-state index contributed by atoms with van der Waals surface area (Å²) >= 11 is 7.61. The Bertz CT molecular complexity index is 1370. The predicted octanol–water partition coefficient (Wildman–Crippen LogP) is 8.44. The van der Waals surface area contributed by atoms with Gasteiger partial charge in [0.25, 0.3) is 0 Å². The van der Waals surface area contributed by atoms with Crippen LogP contribution in [0, 0.1) is 6.92 Å². The van der Waals surface area contributed by atoms with Crippen molar-refractivity contribution < 1.29 is 0 Å². The third-order valence-electron chi connectivity index (χ3n) is 4.88. The van der Waals surface area contributed by atoms with Crippen molar-refractivity contribution in [2.24, 2.45) is 0 Å². The van der Waals surface area contributed by atoms with Gasteiger partial charge in [-0.15, -0.1) is 45.3 Å². The van der Waals surface area contributed by atoms with E-state index in [0.717, 1.165) is 6.42 Å². The highest BCUT2D eigenvalue weighted by Crippen LogP contribution is 2.40. The van der Waals surface area contributed by atoms with Crippen molar-refractivity contribution >= 4 is 85.0 Å². The van der Waals surface area contributed by atoms with Gasteiger partial charge < -0.3 is 0 Å². The number of benzene rings is 2. The quantitative estimate of drug-likeness (QED) is 0.270. The van der Waals surface area contributed by atoms with Gasteiger partial charge in [0.05, 0.1) is 4.01 Å². The van der Waals surface area contributed by atoms with E-state index >= 15 is 0 Å². The van der Waals surface area contributed by atoms with E-state index in [-0.39, 0.29) is 0 Å². The van der Waals surface area contributed by atoms with Crippen molar-refractivity contribution in [2.75, 3.05) is 0 Å². The first-order valence-electron chi connectivity index (χ1n) is 8.54. The van der Waals surface area contributed by atoms with Crippen LogP contribution in [0.5, 0.6) is 0 Å². The molecule has 0 saturated carbocycles. The molecule has 0 aliphatic rings. The highest BCUT2D eigenvalue weighted by Gasteiger charge is 2.10. The molecule has 4 heterocycles. The Hall–Kier alpha value is -1.72. The number of fused-ring (bicyclic) bond motifs is 5. The zero-order valence-electron chi connectivity index (χ0n) is 14.0. The fraction of sp³-hybridized carbons (Fsp3) is 0.0909. The molecule has 4 heteroatoms. The lowest BCUT2D eigenvalue weighted by molar-refractivity contribution is 1.26. The summed E-state index contributed by atoms with van der Waals surface area (Å²) in [6, 6.07) is 18.6. The first kappa shape index (κ1) is 15.3. The standard InChI is InChI=1S/C22H14S4/c1-12-6-18-17-3-2-13(8-21(17)26-22(18)24-12)7-16-9-15-11-19-14(4-5-23-19)10-20(15)25-16/h2-6,8-11H,7H2,1H3. The van der Waals surface area contributed by atoms with Gasteiger partial charge in [-0.05, 0) is 65.0 Å². The van der Waals surface area contributed by atoms with Gasteiger partial charge in [-0.1, -0.05) is 12.1 Å². The lowest BCUT2D eigenvalue weighted by Gasteiger charge is -1.99. The molecular weight excluding hydrogens is 393 g/mol. The normalized spacial score (nSPS) is 12.2. The summed E-state index contributed by atoms with van der Waals surface area (Å²) < 4.78 is 5.67. The Balaban J connectivity index is 1.41. The van der Waals surface area contributed by atoms with E-state index in [0.29, 0.717) is 0 Å². The second kappa shape index (κ2) is 5.64. The summed E-state index contributed by atoms with van der Waals surface area (Å²) in [4.78, 5) is 2.86. The van der Waals surface area contributed by atoms with E-state index in [1.807, 2.05) is 45.3 Å². The lowest BCUT2D eigenvalue weighted by atomic mass is 10.1. The van der Waals surface area contributed by atoms with Crippen LogP contribution in [-0.4, -0.2) is 0 Å².